The Labute approximate surface area is 126 Å². The Hall–Kier alpha value is -1.21. The molecule has 0 aromatic carbocycles. The summed E-state index contributed by atoms with van der Waals surface area (Å²) >= 11 is 5.56. The number of hydrogen-bond donors (Lipinski definition) is 0. The zero-order valence-corrected chi connectivity index (χ0v) is 13.4. The van der Waals surface area contributed by atoms with E-state index in [4.69, 9.17) is 21.1 Å². The summed E-state index contributed by atoms with van der Waals surface area (Å²) in [5.74, 6) is 7.80. The molecule has 20 heavy (non-hydrogen) atoms. The SMILES string of the molecule is CCOC1=N[C@H](C(C)C)C(OCC)=N[C@H]1CC#CCCl. The fourth-order valence-corrected chi connectivity index (χ4v) is 1.99. The highest BCUT2D eigenvalue weighted by Gasteiger charge is 2.30. The van der Waals surface area contributed by atoms with Crippen molar-refractivity contribution in [1.82, 2.24) is 0 Å². The van der Waals surface area contributed by atoms with E-state index in [1.54, 1.807) is 0 Å². The van der Waals surface area contributed by atoms with Crippen molar-refractivity contribution in [2.75, 3.05) is 19.1 Å². The summed E-state index contributed by atoms with van der Waals surface area (Å²) in [5.41, 5.74) is 0. The first-order valence-electron chi connectivity index (χ1n) is 7.06. The van der Waals surface area contributed by atoms with Crippen molar-refractivity contribution in [3.63, 3.8) is 0 Å². The van der Waals surface area contributed by atoms with Crippen LogP contribution in [0.25, 0.3) is 0 Å². The van der Waals surface area contributed by atoms with E-state index >= 15 is 0 Å². The first-order valence-corrected chi connectivity index (χ1v) is 7.60. The smallest absolute Gasteiger partial charge is 0.210 e. The number of aliphatic imine (C=N–C) groups is 2. The minimum absolute atomic E-state index is 0.0752. The van der Waals surface area contributed by atoms with Crippen molar-refractivity contribution in [3.05, 3.63) is 0 Å². The average Bonchev–Trinajstić information content (AvgIpc) is 2.41. The minimum atomic E-state index is -0.192. The Morgan fingerprint density at radius 2 is 1.75 bits per heavy atom. The van der Waals surface area contributed by atoms with E-state index in [9.17, 15) is 0 Å². The van der Waals surface area contributed by atoms with E-state index in [2.05, 4.69) is 35.7 Å². The Kier molecular flexibility index (Phi) is 7.46. The Morgan fingerprint density at radius 3 is 2.30 bits per heavy atom. The van der Waals surface area contributed by atoms with Gasteiger partial charge in [-0.2, -0.15) is 0 Å². The number of rotatable bonds is 4. The second kappa shape index (κ2) is 8.86. The summed E-state index contributed by atoms with van der Waals surface area (Å²) in [6.07, 6.45) is 0.549. The van der Waals surface area contributed by atoms with Crippen LogP contribution in [-0.2, 0) is 9.47 Å². The molecule has 1 aliphatic heterocycles. The molecule has 1 heterocycles. The molecule has 0 N–H and O–H groups in total. The van der Waals surface area contributed by atoms with E-state index < -0.39 is 0 Å². The molecule has 0 amide bonds. The van der Waals surface area contributed by atoms with Gasteiger partial charge >= 0.3 is 0 Å². The summed E-state index contributed by atoms with van der Waals surface area (Å²) in [4.78, 5) is 9.31. The number of alkyl halides is 1. The highest BCUT2D eigenvalue weighted by atomic mass is 35.5. The molecule has 0 fully saturated rings. The fourth-order valence-electron chi connectivity index (χ4n) is 1.90. The van der Waals surface area contributed by atoms with Gasteiger partial charge in [0.15, 0.2) is 0 Å². The number of hydrogen-bond acceptors (Lipinski definition) is 4. The van der Waals surface area contributed by atoms with Crippen LogP contribution in [0, 0.1) is 17.8 Å². The molecule has 1 aliphatic rings. The van der Waals surface area contributed by atoms with Gasteiger partial charge < -0.3 is 9.47 Å². The summed E-state index contributed by atoms with van der Waals surface area (Å²) < 4.78 is 11.3. The first-order chi connectivity index (χ1) is 9.63. The molecule has 5 heteroatoms. The van der Waals surface area contributed by atoms with Crippen LogP contribution in [0.2, 0.25) is 0 Å². The predicted molar refractivity (Wildman–Crippen MR) is 83.6 cm³/mol. The molecule has 0 spiro atoms. The minimum Gasteiger partial charge on any atom is -0.480 e. The number of ether oxygens (including phenoxy) is 2. The third-order valence-electron chi connectivity index (χ3n) is 2.79. The van der Waals surface area contributed by atoms with Crippen LogP contribution in [-0.4, -0.2) is 43.0 Å². The lowest BCUT2D eigenvalue weighted by molar-refractivity contribution is 0.276. The van der Waals surface area contributed by atoms with Crippen LogP contribution in [0.3, 0.4) is 0 Å². The van der Waals surface area contributed by atoms with Crippen molar-refractivity contribution in [2.45, 2.75) is 46.2 Å². The summed E-state index contributed by atoms with van der Waals surface area (Å²) in [6.45, 7) is 9.24. The molecule has 2 atom stereocenters. The third kappa shape index (κ3) is 4.72. The molecule has 0 radical (unpaired) electrons. The maximum absolute atomic E-state index is 5.63. The normalized spacial score (nSPS) is 21.7. The van der Waals surface area contributed by atoms with Crippen molar-refractivity contribution < 1.29 is 9.47 Å². The van der Waals surface area contributed by atoms with E-state index in [1.807, 2.05) is 13.8 Å². The van der Waals surface area contributed by atoms with Crippen LogP contribution >= 0.6 is 11.6 Å². The molecule has 112 valence electrons. The van der Waals surface area contributed by atoms with E-state index in [1.165, 1.54) is 0 Å². The number of nitrogens with zero attached hydrogens (tertiary/aromatic N) is 2. The van der Waals surface area contributed by atoms with Crippen molar-refractivity contribution in [2.24, 2.45) is 15.9 Å². The van der Waals surface area contributed by atoms with Crippen LogP contribution in [0.15, 0.2) is 9.98 Å². The summed E-state index contributed by atoms with van der Waals surface area (Å²) in [7, 11) is 0. The van der Waals surface area contributed by atoms with Crippen molar-refractivity contribution in [3.8, 4) is 11.8 Å². The standard InChI is InChI=1S/C15H23ClN2O2/c1-5-19-14-12(9-7-8-10-16)17-15(20-6-2)13(18-14)11(3)4/h11-13H,5-6,9-10H2,1-4H3/t12-,13+/m0/s1. The Bertz CT molecular complexity index is 421. The Balaban J connectivity index is 2.96. The van der Waals surface area contributed by atoms with Crippen LogP contribution in [0.5, 0.6) is 0 Å². The highest BCUT2D eigenvalue weighted by molar-refractivity contribution is 6.19. The highest BCUT2D eigenvalue weighted by Crippen LogP contribution is 2.19. The van der Waals surface area contributed by atoms with Crippen LogP contribution in [0.1, 0.15) is 34.1 Å². The average molecular weight is 299 g/mol. The van der Waals surface area contributed by atoms with E-state index in [0.717, 1.165) is 0 Å². The lowest BCUT2D eigenvalue weighted by atomic mass is 10.0. The van der Waals surface area contributed by atoms with Gasteiger partial charge in [-0.25, -0.2) is 9.98 Å². The summed E-state index contributed by atoms with van der Waals surface area (Å²) in [6, 6.07) is -0.268. The largest absolute Gasteiger partial charge is 0.480 e. The maximum Gasteiger partial charge on any atom is 0.210 e. The van der Waals surface area contributed by atoms with E-state index in [-0.39, 0.29) is 12.1 Å². The van der Waals surface area contributed by atoms with Crippen molar-refractivity contribution >= 4 is 23.4 Å². The quantitative estimate of drug-likeness (QED) is 0.591. The van der Waals surface area contributed by atoms with Gasteiger partial charge in [0.25, 0.3) is 0 Å². The molecule has 0 saturated carbocycles. The zero-order valence-electron chi connectivity index (χ0n) is 12.6. The molecule has 0 bridgehead atoms. The lowest BCUT2D eigenvalue weighted by Gasteiger charge is -2.27. The van der Waals surface area contributed by atoms with Gasteiger partial charge in [0.2, 0.25) is 11.8 Å². The maximum atomic E-state index is 5.63. The first kappa shape index (κ1) is 16.8. The van der Waals surface area contributed by atoms with Gasteiger partial charge in [-0.3, -0.25) is 0 Å². The molecule has 1 rings (SSSR count). The van der Waals surface area contributed by atoms with Gasteiger partial charge in [-0.15, -0.1) is 11.6 Å². The summed E-state index contributed by atoms with van der Waals surface area (Å²) in [5, 5.41) is 0. The van der Waals surface area contributed by atoms with E-state index in [0.29, 0.717) is 43.2 Å². The fraction of sp³-hybridized carbons (Fsp3) is 0.733. The monoisotopic (exact) mass is 298 g/mol. The van der Waals surface area contributed by atoms with Gasteiger partial charge in [0, 0.05) is 6.42 Å². The second-order valence-electron chi connectivity index (χ2n) is 4.70. The molecular weight excluding hydrogens is 276 g/mol. The third-order valence-corrected chi connectivity index (χ3v) is 2.92. The molecular formula is C15H23ClN2O2. The molecule has 0 aliphatic carbocycles. The van der Waals surface area contributed by atoms with Gasteiger partial charge in [0.1, 0.15) is 12.1 Å². The second-order valence-corrected chi connectivity index (χ2v) is 4.96. The lowest BCUT2D eigenvalue weighted by Crippen LogP contribution is -2.38. The Morgan fingerprint density at radius 1 is 1.10 bits per heavy atom. The number of halogens is 1. The predicted octanol–water partition coefficient (Wildman–Crippen LogP) is 2.90. The van der Waals surface area contributed by atoms with Crippen molar-refractivity contribution in [1.29, 1.82) is 0 Å². The molecule has 0 aromatic heterocycles. The molecule has 4 nitrogen and oxygen atoms in total. The molecule has 0 aromatic rings. The van der Waals surface area contributed by atoms with Gasteiger partial charge in [-0.1, -0.05) is 25.7 Å². The topological polar surface area (TPSA) is 43.2 Å². The molecule has 0 saturated heterocycles. The molecule has 0 unspecified atom stereocenters. The van der Waals surface area contributed by atoms with Gasteiger partial charge in [-0.05, 0) is 19.8 Å². The van der Waals surface area contributed by atoms with Crippen LogP contribution < -0.4 is 0 Å². The van der Waals surface area contributed by atoms with Gasteiger partial charge in [0.05, 0.1) is 19.1 Å². The van der Waals surface area contributed by atoms with Crippen LogP contribution in [0.4, 0.5) is 0 Å². The zero-order chi connectivity index (χ0) is 15.0.